The molecule has 2 aliphatic carbocycles. The largest absolute Gasteiger partial charge is 0.511 e. The van der Waals surface area contributed by atoms with Crippen LogP contribution in [-0.4, -0.2) is 50.9 Å². The van der Waals surface area contributed by atoms with Crippen LogP contribution >= 0.6 is 11.3 Å². The van der Waals surface area contributed by atoms with Gasteiger partial charge in [-0.1, -0.05) is 30.3 Å². The summed E-state index contributed by atoms with van der Waals surface area (Å²) in [4.78, 5) is 15.6. The smallest absolute Gasteiger partial charge is 0.287 e. The van der Waals surface area contributed by atoms with Gasteiger partial charge in [0.05, 0.1) is 6.26 Å². The van der Waals surface area contributed by atoms with Crippen molar-refractivity contribution in [2.75, 3.05) is 11.6 Å². The monoisotopic (exact) mass is 562 g/mol. The summed E-state index contributed by atoms with van der Waals surface area (Å²) in [6.07, 6.45) is 3.88. The second-order valence-electron chi connectivity index (χ2n) is 10.1. The van der Waals surface area contributed by atoms with Crippen LogP contribution in [0.1, 0.15) is 30.4 Å². The molecule has 0 saturated heterocycles. The molecule has 2 saturated carbocycles. The highest BCUT2D eigenvalue weighted by molar-refractivity contribution is 7.91. The number of anilines is 1. The summed E-state index contributed by atoms with van der Waals surface area (Å²) in [7, 11) is -7.80. The normalized spacial score (nSPS) is 28.1. The van der Waals surface area contributed by atoms with Crippen LogP contribution in [0.2, 0.25) is 0 Å². The number of hydrogen-bond acceptors (Lipinski definition) is 8. The number of hydrogen-bond donors (Lipinski definition) is 3. The lowest BCUT2D eigenvalue weighted by Gasteiger charge is -2.44. The molecule has 1 aromatic carbocycles. The molecular weight excluding hydrogens is 536 g/mol. The van der Waals surface area contributed by atoms with Crippen LogP contribution in [0.5, 0.6) is 0 Å². The van der Waals surface area contributed by atoms with Gasteiger partial charge in [-0.15, -0.1) is 15.7 Å². The Kier molecular flexibility index (Phi) is 5.75. The predicted octanol–water partition coefficient (Wildman–Crippen LogP) is 2.58. The molecule has 3 heterocycles. The fraction of sp³-hybridized carbons (Fsp3) is 0.417. The fourth-order valence-corrected chi connectivity index (χ4v) is 9.34. The summed E-state index contributed by atoms with van der Waals surface area (Å²) < 4.78 is 55.7. The number of sulfonamides is 2. The van der Waals surface area contributed by atoms with Crippen LogP contribution in [0.15, 0.2) is 56.3 Å². The average molecular weight is 563 g/mol. The maximum Gasteiger partial charge on any atom is 0.287 e. The number of amides is 1. The Hall–Kier alpha value is -2.74. The molecule has 2 aliphatic heterocycles. The zero-order chi connectivity index (χ0) is 26.1. The van der Waals surface area contributed by atoms with Crippen molar-refractivity contribution < 1.29 is 26.7 Å². The quantitative estimate of drug-likeness (QED) is 0.491. The van der Waals surface area contributed by atoms with E-state index in [1.165, 1.54) is 5.38 Å². The van der Waals surface area contributed by atoms with Gasteiger partial charge in [0.2, 0.25) is 10.0 Å². The standard InChI is InChI=1S/C24H26N4O6S3/c1-36(31,32)25-10-16-12-35-23-21(16)37(33,34)27-22(26-23)18-20(29)17-14-7-8-15(9-14)19(17)28(24(18)30)11-13-5-3-2-4-6-13/h2-6,12,14-15,17,19,25,29H,7-11H2,1H3,(H,26,27). The van der Waals surface area contributed by atoms with E-state index in [0.717, 1.165) is 42.4 Å². The SMILES string of the molecule is CS(=O)(=O)NCc1csc2c1S(=O)(=O)N=C(C1=C(O)C3C4CCC(C4)C3N(Cc3ccccc3)C1=O)N2. The molecular formula is C24H26N4O6S3. The summed E-state index contributed by atoms with van der Waals surface area (Å²) in [5.74, 6) is -0.476. The van der Waals surface area contributed by atoms with Crippen molar-refractivity contribution in [1.82, 2.24) is 9.62 Å². The van der Waals surface area contributed by atoms with Gasteiger partial charge in [0.15, 0.2) is 5.84 Å². The van der Waals surface area contributed by atoms with Crippen LogP contribution < -0.4 is 10.0 Å². The number of nitrogens with one attached hydrogen (secondary N) is 2. The van der Waals surface area contributed by atoms with E-state index >= 15 is 0 Å². The molecule has 2 fully saturated rings. The topological polar surface area (TPSA) is 145 Å². The molecule has 10 nitrogen and oxygen atoms in total. The lowest BCUT2D eigenvalue weighted by Crippen LogP contribution is -2.53. The Morgan fingerprint density at radius 3 is 2.68 bits per heavy atom. The first-order valence-corrected chi connectivity index (χ1v) is 16.2. The van der Waals surface area contributed by atoms with Crippen LogP contribution in [0.25, 0.3) is 0 Å². The van der Waals surface area contributed by atoms with E-state index in [1.807, 2.05) is 30.3 Å². The number of rotatable bonds is 6. The molecule has 0 radical (unpaired) electrons. The van der Waals surface area contributed by atoms with Crippen molar-refractivity contribution in [2.45, 2.75) is 43.3 Å². The molecule has 4 atom stereocenters. The third-order valence-corrected chi connectivity index (χ3v) is 10.9. The number of thiophene rings is 1. The number of benzene rings is 1. The lowest BCUT2D eigenvalue weighted by atomic mass is 9.77. The van der Waals surface area contributed by atoms with Crippen LogP contribution in [0.4, 0.5) is 5.00 Å². The minimum absolute atomic E-state index is 0.0908. The maximum atomic E-state index is 13.9. The van der Waals surface area contributed by atoms with E-state index < -0.39 is 26.0 Å². The van der Waals surface area contributed by atoms with Gasteiger partial charge in [0, 0.05) is 30.6 Å². The molecule has 6 rings (SSSR count). The molecule has 2 bridgehead atoms. The van der Waals surface area contributed by atoms with Gasteiger partial charge in [0.1, 0.15) is 21.2 Å². The van der Waals surface area contributed by atoms with Gasteiger partial charge in [0.25, 0.3) is 15.9 Å². The van der Waals surface area contributed by atoms with E-state index in [9.17, 15) is 26.7 Å². The van der Waals surface area contributed by atoms with Gasteiger partial charge in [-0.2, -0.15) is 8.42 Å². The van der Waals surface area contributed by atoms with E-state index in [-0.39, 0.29) is 57.1 Å². The Morgan fingerprint density at radius 2 is 1.95 bits per heavy atom. The Labute approximate surface area is 219 Å². The summed E-state index contributed by atoms with van der Waals surface area (Å²) in [5, 5.41) is 16.1. The number of aliphatic hydroxyl groups excluding tert-OH is 1. The van der Waals surface area contributed by atoms with E-state index in [1.54, 1.807) is 4.90 Å². The van der Waals surface area contributed by atoms with Gasteiger partial charge in [-0.3, -0.25) is 4.79 Å². The van der Waals surface area contributed by atoms with Gasteiger partial charge in [-0.05, 0) is 42.0 Å². The molecule has 13 heteroatoms. The van der Waals surface area contributed by atoms with Gasteiger partial charge >= 0.3 is 0 Å². The predicted molar refractivity (Wildman–Crippen MR) is 139 cm³/mol. The number of fused-ring (bicyclic) bond motifs is 6. The minimum Gasteiger partial charge on any atom is -0.511 e. The number of carbonyl (C=O) groups is 1. The molecule has 0 spiro atoms. The molecule has 37 heavy (non-hydrogen) atoms. The highest BCUT2D eigenvalue weighted by atomic mass is 32.2. The Morgan fingerprint density at radius 1 is 1.22 bits per heavy atom. The van der Waals surface area contributed by atoms with Crippen molar-refractivity contribution in [3.63, 3.8) is 0 Å². The van der Waals surface area contributed by atoms with Gasteiger partial charge < -0.3 is 15.3 Å². The summed E-state index contributed by atoms with van der Waals surface area (Å²) in [6.45, 7) is 0.146. The summed E-state index contributed by atoms with van der Waals surface area (Å²) >= 11 is 1.07. The third kappa shape index (κ3) is 4.17. The number of aliphatic hydroxyl groups is 1. The molecule has 1 amide bonds. The second-order valence-corrected chi connectivity index (χ2v) is 14.3. The van der Waals surface area contributed by atoms with Crippen molar-refractivity contribution in [3.8, 4) is 0 Å². The van der Waals surface area contributed by atoms with Crippen LogP contribution in [0.3, 0.4) is 0 Å². The van der Waals surface area contributed by atoms with E-state index in [4.69, 9.17) is 0 Å². The number of amidine groups is 1. The average Bonchev–Trinajstić information content (AvgIpc) is 3.55. The molecule has 2 aromatic rings. The summed E-state index contributed by atoms with van der Waals surface area (Å²) in [5.41, 5.74) is 1.10. The van der Waals surface area contributed by atoms with Crippen molar-refractivity contribution >= 4 is 48.1 Å². The van der Waals surface area contributed by atoms with Crippen LogP contribution in [0, 0.1) is 17.8 Å². The van der Waals surface area contributed by atoms with Crippen molar-refractivity contribution in [1.29, 1.82) is 0 Å². The summed E-state index contributed by atoms with van der Waals surface area (Å²) in [6, 6.07) is 9.47. The fourth-order valence-electron chi connectivity index (χ4n) is 6.32. The van der Waals surface area contributed by atoms with Crippen molar-refractivity contribution in [2.24, 2.45) is 22.2 Å². The first kappa shape index (κ1) is 24.6. The highest BCUT2D eigenvalue weighted by Crippen LogP contribution is 2.55. The zero-order valence-electron chi connectivity index (χ0n) is 19.9. The molecule has 3 N–H and O–H groups in total. The zero-order valence-corrected chi connectivity index (χ0v) is 22.4. The van der Waals surface area contributed by atoms with Crippen molar-refractivity contribution in [3.05, 3.63) is 58.2 Å². The lowest BCUT2D eigenvalue weighted by molar-refractivity contribution is -0.134. The number of carbonyl (C=O) groups excluding carboxylic acids is 1. The van der Waals surface area contributed by atoms with E-state index in [2.05, 4.69) is 14.4 Å². The molecule has 4 aliphatic rings. The number of nitrogens with zero attached hydrogens (tertiary/aromatic N) is 2. The molecule has 4 unspecified atom stereocenters. The first-order chi connectivity index (χ1) is 17.5. The highest BCUT2D eigenvalue weighted by Gasteiger charge is 2.57. The molecule has 1 aromatic heterocycles. The Balaban J connectivity index is 1.39. The molecule has 196 valence electrons. The second kappa shape index (κ2) is 8.65. The Bertz CT molecular complexity index is 1560. The van der Waals surface area contributed by atoms with E-state index in [0.29, 0.717) is 12.5 Å². The van der Waals surface area contributed by atoms with Crippen LogP contribution in [-0.2, 0) is 37.9 Å². The maximum absolute atomic E-state index is 13.9. The first-order valence-electron chi connectivity index (χ1n) is 12.0. The van der Waals surface area contributed by atoms with Gasteiger partial charge in [-0.25, -0.2) is 13.1 Å². The third-order valence-electron chi connectivity index (χ3n) is 7.75. The minimum atomic E-state index is -4.27.